The van der Waals surface area contributed by atoms with Crippen LogP contribution < -0.4 is 4.90 Å². The molecule has 1 aromatic heterocycles. The minimum atomic E-state index is -1.02. The number of aromatic nitrogens is 1. The molecule has 0 amide bonds. The van der Waals surface area contributed by atoms with Crippen LogP contribution in [0, 0.1) is 0 Å². The van der Waals surface area contributed by atoms with Crippen LogP contribution in [0.25, 0.3) is 0 Å². The third-order valence-electron chi connectivity index (χ3n) is 4.19. The molecule has 0 bridgehead atoms. The molecular weight excluding hydrogens is 292 g/mol. The van der Waals surface area contributed by atoms with Crippen molar-refractivity contribution in [3.8, 4) is 0 Å². The van der Waals surface area contributed by atoms with Crippen LogP contribution in [0.4, 0.5) is 5.82 Å². The van der Waals surface area contributed by atoms with Crippen molar-refractivity contribution in [3.05, 3.63) is 58.8 Å². The molecule has 5 heteroatoms. The summed E-state index contributed by atoms with van der Waals surface area (Å²) in [4.78, 5) is 28.9. The number of fused-ring (bicyclic) bond motifs is 1. The van der Waals surface area contributed by atoms with Crippen molar-refractivity contribution in [1.82, 2.24) is 4.98 Å². The second-order valence-corrected chi connectivity index (χ2v) is 5.71. The lowest BCUT2D eigenvalue weighted by Gasteiger charge is -2.21. The van der Waals surface area contributed by atoms with Crippen LogP contribution in [0.1, 0.15) is 38.9 Å². The molecule has 0 unspecified atom stereocenters. The van der Waals surface area contributed by atoms with Gasteiger partial charge in [0.1, 0.15) is 5.82 Å². The molecule has 1 aromatic carbocycles. The summed E-state index contributed by atoms with van der Waals surface area (Å²) in [6, 6.07) is 10.9. The van der Waals surface area contributed by atoms with Gasteiger partial charge in [-0.3, -0.25) is 4.79 Å². The zero-order valence-corrected chi connectivity index (χ0v) is 13.0. The average Bonchev–Trinajstić information content (AvgIpc) is 2.76. The third-order valence-corrected chi connectivity index (χ3v) is 4.19. The number of carboxylic acid groups (broad SMARTS) is 1. The van der Waals surface area contributed by atoms with Gasteiger partial charge in [0.05, 0.1) is 0 Å². The summed E-state index contributed by atoms with van der Waals surface area (Å²) < 4.78 is 0. The monoisotopic (exact) mass is 310 g/mol. The summed E-state index contributed by atoms with van der Waals surface area (Å²) in [5, 5.41) is 9.07. The van der Waals surface area contributed by atoms with E-state index in [1.807, 2.05) is 24.3 Å². The number of aromatic carboxylic acids is 1. The fourth-order valence-electron chi connectivity index (χ4n) is 2.89. The number of hydrogen-bond acceptors (Lipinski definition) is 4. The van der Waals surface area contributed by atoms with E-state index in [1.165, 1.54) is 17.2 Å². The number of carboxylic acids is 1. The molecular formula is C18H18N2O3. The summed E-state index contributed by atoms with van der Waals surface area (Å²) in [6.07, 6.45) is 1.67. The van der Waals surface area contributed by atoms with Crippen molar-refractivity contribution in [1.29, 1.82) is 0 Å². The standard InChI is InChI=1S/C18H18N2O3/c1-12(21)14-6-5-13-7-9-20(10-8-15(13)11-14)17-4-2-3-16(19-17)18(22)23/h2-6,11H,7-10H2,1H3,(H,22,23). The van der Waals surface area contributed by atoms with Crippen molar-refractivity contribution in [2.24, 2.45) is 0 Å². The minimum Gasteiger partial charge on any atom is -0.477 e. The Labute approximate surface area is 134 Å². The van der Waals surface area contributed by atoms with E-state index in [2.05, 4.69) is 9.88 Å². The molecule has 2 heterocycles. The van der Waals surface area contributed by atoms with Gasteiger partial charge in [-0.05, 0) is 49.1 Å². The van der Waals surface area contributed by atoms with Gasteiger partial charge in [0.25, 0.3) is 0 Å². The number of benzene rings is 1. The molecule has 0 saturated heterocycles. The Bertz CT molecular complexity index is 771. The van der Waals surface area contributed by atoms with E-state index in [9.17, 15) is 9.59 Å². The van der Waals surface area contributed by atoms with Crippen LogP contribution in [-0.4, -0.2) is 34.9 Å². The number of anilines is 1. The molecule has 5 nitrogen and oxygen atoms in total. The fraction of sp³-hybridized carbons (Fsp3) is 0.278. The third kappa shape index (κ3) is 3.23. The number of Topliss-reactive ketones (excluding diaryl/α,β-unsaturated/α-hetero) is 1. The molecule has 0 fully saturated rings. The van der Waals surface area contributed by atoms with E-state index < -0.39 is 5.97 Å². The van der Waals surface area contributed by atoms with Crippen LogP contribution in [0.5, 0.6) is 0 Å². The van der Waals surface area contributed by atoms with Crippen molar-refractivity contribution >= 4 is 17.6 Å². The van der Waals surface area contributed by atoms with E-state index in [0.717, 1.165) is 31.5 Å². The van der Waals surface area contributed by atoms with Crippen molar-refractivity contribution in [2.45, 2.75) is 19.8 Å². The zero-order chi connectivity index (χ0) is 16.4. The average molecular weight is 310 g/mol. The second-order valence-electron chi connectivity index (χ2n) is 5.71. The molecule has 23 heavy (non-hydrogen) atoms. The number of carbonyl (C=O) groups excluding carboxylic acids is 1. The summed E-state index contributed by atoms with van der Waals surface area (Å²) >= 11 is 0. The minimum absolute atomic E-state index is 0.0585. The first kappa shape index (κ1) is 15.2. The molecule has 2 aromatic rings. The Balaban J connectivity index is 1.83. The predicted molar refractivity (Wildman–Crippen MR) is 87.3 cm³/mol. The molecule has 1 aliphatic heterocycles. The number of pyridine rings is 1. The molecule has 3 rings (SSSR count). The topological polar surface area (TPSA) is 70.5 Å². The first-order valence-corrected chi connectivity index (χ1v) is 7.62. The van der Waals surface area contributed by atoms with Crippen LogP contribution in [0.3, 0.4) is 0 Å². The van der Waals surface area contributed by atoms with Crippen LogP contribution in [0.2, 0.25) is 0 Å². The Morgan fingerprint density at radius 3 is 2.52 bits per heavy atom. The summed E-state index contributed by atoms with van der Waals surface area (Å²) in [6.45, 7) is 3.11. The smallest absolute Gasteiger partial charge is 0.354 e. The van der Waals surface area contributed by atoms with Gasteiger partial charge in [-0.2, -0.15) is 0 Å². The Morgan fingerprint density at radius 2 is 1.83 bits per heavy atom. The Hall–Kier alpha value is -2.69. The van der Waals surface area contributed by atoms with Crippen LogP contribution >= 0.6 is 0 Å². The first-order chi connectivity index (χ1) is 11.0. The molecule has 118 valence electrons. The van der Waals surface area contributed by atoms with Gasteiger partial charge in [0.2, 0.25) is 0 Å². The van der Waals surface area contributed by atoms with Gasteiger partial charge in [-0.1, -0.05) is 18.2 Å². The summed E-state index contributed by atoms with van der Waals surface area (Å²) in [5.74, 6) is -0.259. The maximum atomic E-state index is 11.5. The van der Waals surface area contributed by atoms with Gasteiger partial charge in [-0.25, -0.2) is 9.78 Å². The molecule has 1 aliphatic rings. The van der Waals surface area contributed by atoms with E-state index in [4.69, 9.17) is 5.11 Å². The molecule has 0 atom stereocenters. The lowest BCUT2D eigenvalue weighted by molar-refractivity contribution is 0.0690. The van der Waals surface area contributed by atoms with Crippen molar-refractivity contribution in [2.75, 3.05) is 18.0 Å². The second kappa shape index (κ2) is 6.20. The van der Waals surface area contributed by atoms with E-state index in [0.29, 0.717) is 5.82 Å². The largest absolute Gasteiger partial charge is 0.477 e. The molecule has 0 radical (unpaired) electrons. The molecule has 0 saturated carbocycles. The highest BCUT2D eigenvalue weighted by Crippen LogP contribution is 2.21. The highest BCUT2D eigenvalue weighted by atomic mass is 16.4. The number of nitrogens with zero attached hydrogens (tertiary/aromatic N) is 2. The maximum Gasteiger partial charge on any atom is 0.354 e. The Kier molecular flexibility index (Phi) is 4.10. The normalized spacial score (nSPS) is 14.0. The zero-order valence-electron chi connectivity index (χ0n) is 13.0. The molecule has 0 spiro atoms. The van der Waals surface area contributed by atoms with Crippen molar-refractivity contribution < 1.29 is 14.7 Å². The fourth-order valence-corrected chi connectivity index (χ4v) is 2.89. The van der Waals surface area contributed by atoms with Gasteiger partial charge in [-0.15, -0.1) is 0 Å². The van der Waals surface area contributed by atoms with E-state index >= 15 is 0 Å². The summed E-state index contributed by atoms with van der Waals surface area (Å²) in [5.41, 5.74) is 3.23. The molecule has 0 aliphatic carbocycles. The lowest BCUT2D eigenvalue weighted by Crippen LogP contribution is -2.27. The molecule has 1 N–H and O–H groups in total. The van der Waals surface area contributed by atoms with Gasteiger partial charge in [0, 0.05) is 18.7 Å². The van der Waals surface area contributed by atoms with E-state index in [-0.39, 0.29) is 11.5 Å². The highest BCUT2D eigenvalue weighted by Gasteiger charge is 2.17. The van der Waals surface area contributed by atoms with Crippen molar-refractivity contribution in [3.63, 3.8) is 0 Å². The van der Waals surface area contributed by atoms with Crippen LogP contribution in [-0.2, 0) is 12.8 Å². The number of carbonyl (C=O) groups is 2. The Morgan fingerprint density at radius 1 is 1.09 bits per heavy atom. The van der Waals surface area contributed by atoms with Gasteiger partial charge in [0.15, 0.2) is 11.5 Å². The number of hydrogen-bond donors (Lipinski definition) is 1. The van der Waals surface area contributed by atoms with Gasteiger partial charge < -0.3 is 10.0 Å². The number of ketones is 1. The maximum absolute atomic E-state index is 11.5. The summed E-state index contributed by atoms with van der Waals surface area (Å²) in [7, 11) is 0. The van der Waals surface area contributed by atoms with E-state index in [1.54, 1.807) is 13.0 Å². The predicted octanol–water partition coefficient (Wildman–Crippen LogP) is 2.59. The number of rotatable bonds is 3. The first-order valence-electron chi connectivity index (χ1n) is 7.62. The highest BCUT2D eigenvalue weighted by molar-refractivity contribution is 5.94. The quantitative estimate of drug-likeness (QED) is 0.882. The SMILES string of the molecule is CC(=O)c1ccc2c(c1)CCN(c1cccc(C(=O)O)n1)CC2. The van der Waals surface area contributed by atoms with Gasteiger partial charge >= 0.3 is 5.97 Å². The van der Waals surface area contributed by atoms with Crippen LogP contribution in [0.15, 0.2) is 36.4 Å². The lowest BCUT2D eigenvalue weighted by atomic mass is 9.99.